The van der Waals surface area contributed by atoms with E-state index in [1.165, 1.54) is 22.3 Å². The Morgan fingerprint density at radius 2 is 1.83 bits per heavy atom. The molecule has 4 rings (SSSR count). The van der Waals surface area contributed by atoms with Crippen molar-refractivity contribution in [2.45, 2.75) is 38.3 Å². The summed E-state index contributed by atoms with van der Waals surface area (Å²) in [5.74, 6) is 2.41. The zero-order valence-electron chi connectivity index (χ0n) is 17.5. The zero-order valence-corrected chi connectivity index (χ0v) is 19.2. The predicted octanol–water partition coefficient (Wildman–Crippen LogP) is 5.74. The molecular formula is C23H24N4OS2. The van der Waals surface area contributed by atoms with Gasteiger partial charge in [-0.05, 0) is 49.6 Å². The van der Waals surface area contributed by atoms with Crippen LogP contribution in [-0.2, 0) is 19.4 Å². The molecule has 0 saturated heterocycles. The van der Waals surface area contributed by atoms with Crippen molar-refractivity contribution in [3.8, 4) is 16.3 Å². The Morgan fingerprint density at radius 1 is 1.00 bits per heavy atom. The lowest BCUT2D eigenvalue weighted by molar-refractivity contribution is 0.290. The number of hydrogen-bond acceptors (Lipinski definition) is 6. The van der Waals surface area contributed by atoms with Gasteiger partial charge in [0.1, 0.15) is 17.4 Å². The number of thiazole rings is 1. The first-order chi connectivity index (χ1) is 14.5. The van der Waals surface area contributed by atoms with Gasteiger partial charge in [0, 0.05) is 23.7 Å². The molecule has 0 bridgehead atoms. The highest BCUT2D eigenvalue weighted by Gasteiger charge is 2.12. The van der Waals surface area contributed by atoms with Crippen molar-refractivity contribution in [3.63, 3.8) is 0 Å². The van der Waals surface area contributed by atoms with Gasteiger partial charge >= 0.3 is 0 Å². The minimum absolute atomic E-state index is 0.390. The second-order valence-electron chi connectivity index (χ2n) is 7.24. The van der Waals surface area contributed by atoms with E-state index in [4.69, 9.17) is 9.72 Å². The summed E-state index contributed by atoms with van der Waals surface area (Å²) in [6, 6.07) is 14.5. The fourth-order valence-electron chi connectivity index (χ4n) is 3.00. The number of rotatable bonds is 7. The summed E-state index contributed by atoms with van der Waals surface area (Å²) >= 11 is 3.32. The van der Waals surface area contributed by atoms with Gasteiger partial charge in [0.15, 0.2) is 11.0 Å². The molecule has 30 heavy (non-hydrogen) atoms. The average Bonchev–Trinajstić information content (AvgIpc) is 3.34. The Kier molecular flexibility index (Phi) is 6.20. The number of ether oxygens (including phenoxy) is 1. The Bertz CT molecular complexity index is 1170. The van der Waals surface area contributed by atoms with Crippen molar-refractivity contribution in [3.05, 3.63) is 76.1 Å². The number of hydrogen-bond donors (Lipinski definition) is 0. The summed E-state index contributed by atoms with van der Waals surface area (Å²) in [5.41, 5.74) is 5.97. The van der Waals surface area contributed by atoms with Crippen LogP contribution in [0.1, 0.15) is 28.2 Å². The van der Waals surface area contributed by atoms with Crippen LogP contribution in [0.25, 0.3) is 10.6 Å². The standard InChI is InChI=1S/C23H24N4OS2/c1-15-9-10-19(11-17(15)3)28-12-21-25-26-23(27(21)4)30-14-18-13-29-22(24-18)20-8-6-5-7-16(20)2/h5-11,13H,12,14H2,1-4H3. The molecule has 0 amide bonds. The smallest absolute Gasteiger partial charge is 0.191 e. The third-order valence-electron chi connectivity index (χ3n) is 5.05. The number of thioether (sulfide) groups is 1. The summed E-state index contributed by atoms with van der Waals surface area (Å²) in [4.78, 5) is 4.80. The fourth-order valence-corrected chi connectivity index (χ4v) is 4.83. The molecule has 2 aromatic heterocycles. The Morgan fingerprint density at radius 3 is 2.63 bits per heavy atom. The quantitative estimate of drug-likeness (QED) is 0.346. The molecule has 0 aliphatic rings. The molecule has 2 heterocycles. The third-order valence-corrected chi connectivity index (χ3v) is 7.03. The number of aryl methyl sites for hydroxylation is 3. The molecule has 0 radical (unpaired) electrons. The van der Waals surface area contributed by atoms with Gasteiger partial charge in [-0.25, -0.2) is 4.98 Å². The van der Waals surface area contributed by atoms with E-state index < -0.39 is 0 Å². The number of nitrogens with zero attached hydrogens (tertiary/aromatic N) is 4. The Balaban J connectivity index is 1.38. The molecule has 0 fully saturated rings. The lowest BCUT2D eigenvalue weighted by Gasteiger charge is -2.08. The molecule has 0 aliphatic carbocycles. The molecule has 2 aromatic carbocycles. The first-order valence-corrected chi connectivity index (χ1v) is 11.6. The van der Waals surface area contributed by atoms with Crippen LogP contribution in [-0.4, -0.2) is 19.7 Å². The van der Waals surface area contributed by atoms with E-state index in [-0.39, 0.29) is 0 Å². The molecule has 0 aliphatic heterocycles. The van der Waals surface area contributed by atoms with Crippen LogP contribution in [0.15, 0.2) is 53.0 Å². The van der Waals surface area contributed by atoms with Crippen molar-refractivity contribution >= 4 is 23.1 Å². The van der Waals surface area contributed by atoms with Crippen molar-refractivity contribution in [1.29, 1.82) is 0 Å². The molecule has 0 unspecified atom stereocenters. The molecule has 5 nitrogen and oxygen atoms in total. The van der Waals surface area contributed by atoms with Crippen molar-refractivity contribution in [1.82, 2.24) is 19.7 Å². The second kappa shape index (κ2) is 9.02. The Labute approximate surface area is 185 Å². The van der Waals surface area contributed by atoms with Gasteiger partial charge in [-0.3, -0.25) is 0 Å². The maximum absolute atomic E-state index is 5.91. The maximum atomic E-state index is 5.91. The van der Waals surface area contributed by atoms with E-state index in [9.17, 15) is 0 Å². The first kappa shape index (κ1) is 20.6. The largest absolute Gasteiger partial charge is 0.486 e. The molecule has 0 saturated carbocycles. The van der Waals surface area contributed by atoms with E-state index in [0.717, 1.165) is 33.2 Å². The van der Waals surface area contributed by atoms with Gasteiger partial charge in [-0.15, -0.1) is 21.5 Å². The van der Waals surface area contributed by atoms with Gasteiger partial charge in [-0.1, -0.05) is 42.1 Å². The summed E-state index contributed by atoms with van der Waals surface area (Å²) in [6.07, 6.45) is 0. The number of benzene rings is 2. The van der Waals surface area contributed by atoms with Crippen LogP contribution in [0.4, 0.5) is 0 Å². The van der Waals surface area contributed by atoms with Crippen LogP contribution in [0.2, 0.25) is 0 Å². The monoisotopic (exact) mass is 436 g/mol. The number of aromatic nitrogens is 4. The van der Waals surface area contributed by atoms with Gasteiger partial charge in [-0.2, -0.15) is 0 Å². The molecule has 4 aromatic rings. The molecule has 154 valence electrons. The van der Waals surface area contributed by atoms with Crippen LogP contribution in [0.5, 0.6) is 5.75 Å². The van der Waals surface area contributed by atoms with Crippen LogP contribution in [0.3, 0.4) is 0 Å². The highest BCUT2D eigenvalue weighted by molar-refractivity contribution is 7.98. The molecule has 7 heteroatoms. The van der Waals surface area contributed by atoms with Gasteiger partial charge in [0.2, 0.25) is 0 Å². The summed E-state index contributed by atoms with van der Waals surface area (Å²) in [7, 11) is 1.97. The van der Waals surface area contributed by atoms with E-state index >= 15 is 0 Å². The highest BCUT2D eigenvalue weighted by atomic mass is 32.2. The zero-order chi connectivity index (χ0) is 21.1. The van der Waals surface area contributed by atoms with E-state index in [0.29, 0.717) is 6.61 Å². The SMILES string of the molecule is Cc1ccc(OCc2nnc(SCc3csc(-c4ccccc4C)n3)n2C)cc1C. The summed E-state index contributed by atoms with van der Waals surface area (Å²) in [6.45, 7) is 6.69. The van der Waals surface area contributed by atoms with Gasteiger partial charge in [0.25, 0.3) is 0 Å². The van der Waals surface area contributed by atoms with E-state index in [1.54, 1.807) is 23.1 Å². The highest BCUT2D eigenvalue weighted by Crippen LogP contribution is 2.29. The van der Waals surface area contributed by atoms with Crippen molar-refractivity contribution in [2.24, 2.45) is 7.05 Å². The average molecular weight is 437 g/mol. The van der Waals surface area contributed by atoms with Crippen molar-refractivity contribution < 1.29 is 4.74 Å². The van der Waals surface area contributed by atoms with Crippen LogP contribution < -0.4 is 4.74 Å². The molecule has 0 N–H and O–H groups in total. The second-order valence-corrected chi connectivity index (χ2v) is 9.04. The minimum Gasteiger partial charge on any atom is -0.486 e. The normalized spacial score (nSPS) is 11.1. The first-order valence-electron chi connectivity index (χ1n) is 9.73. The lowest BCUT2D eigenvalue weighted by Crippen LogP contribution is -2.04. The summed E-state index contributed by atoms with van der Waals surface area (Å²) < 4.78 is 7.89. The maximum Gasteiger partial charge on any atom is 0.191 e. The van der Waals surface area contributed by atoms with Gasteiger partial charge < -0.3 is 9.30 Å². The van der Waals surface area contributed by atoms with Gasteiger partial charge in [0.05, 0.1) is 5.69 Å². The minimum atomic E-state index is 0.390. The fraction of sp³-hybridized carbons (Fsp3) is 0.261. The van der Waals surface area contributed by atoms with E-state index in [2.05, 4.69) is 72.7 Å². The van der Waals surface area contributed by atoms with Crippen molar-refractivity contribution in [2.75, 3.05) is 0 Å². The summed E-state index contributed by atoms with van der Waals surface area (Å²) in [5, 5.41) is 12.7. The van der Waals surface area contributed by atoms with Crippen LogP contribution in [0, 0.1) is 20.8 Å². The lowest BCUT2D eigenvalue weighted by atomic mass is 10.1. The Hall–Kier alpha value is -2.64. The molecule has 0 spiro atoms. The van der Waals surface area contributed by atoms with Crippen LogP contribution >= 0.6 is 23.1 Å². The topological polar surface area (TPSA) is 52.8 Å². The predicted molar refractivity (Wildman–Crippen MR) is 123 cm³/mol. The molecule has 0 atom stereocenters. The van der Waals surface area contributed by atoms with E-state index in [1.807, 2.05) is 17.7 Å². The molecular weight excluding hydrogens is 412 g/mol. The third kappa shape index (κ3) is 4.57.